The summed E-state index contributed by atoms with van der Waals surface area (Å²) in [7, 11) is 0. The molecule has 0 N–H and O–H groups in total. The predicted octanol–water partition coefficient (Wildman–Crippen LogP) is 4.14. The fourth-order valence-corrected chi connectivity index (χ4v) is 2.03. The first-order valence-corrected chi connectivity index (χ1v) is 6.89. The van der Waals surface area contributed by atoms with Crippen molar-refractivity contribution in [2.75, 3.05) is 0 Å². The first-order chi connectivity index (χ1) is 8.75. The molecule has 1 heterocycles. The molecular weight excluding hydrogens is 224 g/mol. The highest BCUT2D eigenvalue weighted by atomic mass is 16.2. The molecule has 0 aliphatic rings. The minimum atomic E-state index is 0.164. The zero-order valence-corrected chi connectivity index (χ0v) is 11.4. The van der Waals surface area contributed by atoms with Gasteiger partial charge in [0.25, 0.3) is 0 Å². The Morgan fingerprint density at radius 2 is 1.94 bits per heavy atom. The average Bonchev–Trinajstić information content (AvgIpc) is 2.79. The second-order valence-electron chi connectivity index (χ2n) is 4.69. The highest BCUT2D eigenvalue weighted by Crippen LogP contribution is 2.10. The summed E-state index contributed by atoms with van der Waals surface area (Å²) in [5.74, 6) is 0.945. The van der Waals surface area contributed by atoms with Crippen LogP contribution >= 0.6 is 0 Å². The van der Waals surface area contributed by atoms with Crippen molar-refractivity contribution in [1.29, 1.82) is 0 Å². The molecule has 0 aliphatic heterocycles. The highest BCUT2D eigenvalue weighted by Gasteiger charge is 2.06. The lowest BCUT2D eigenvalue weighted by molar-refractivity contribution is 0.0896. The van der Waals surface area contributed by atoms with Crippen LogP contribution in [-0.4, -0.2) is 15.5 Å². The number of nitrogens with zero attached hydrogens (tertiary/aromatic N) is 2. The van der Waals surface area contributed by atoms with Crippen LogP contribution in [0.3, 0.4) is 0 Å². The van der Waals surface area contributed by atoms with E-state index in [0.29, 0.717) is 6.42 Å². The first-order valence-electron chi connectivity index (χ1n) is 6.89. The fraction of sp³-hybridized carbons (Fsp3) is 0.600. The second-order valence-corrected chi connectivity index (χ2v) is 4.69. The van der Waals surface area contributed by atoms with E-state index in [9.17, 15) is 4.79 Å². The van der Waals surface area contributed by atoms with Crippen LogP contribution in [0.4, 0.5) is 0 Å². The third-order valence-corrected chi connectivity index (χ3v) is 3.14. The van der Waals surface area contributed by atoms with Gasteiger partial charge in [0, 0.05) is 18.8 Å². The van der Waals surface area contributed by atoms with Gasteiger partial charge in [-0.15, -0.1) is 6.58 Å². The van der Waals surface area contributed by atoms with Gasteiger partial charge in [-0.3, -0.25) is 9.36 Å². The molecule has 0 radical (unpaired) electrons. The maximum absolute atomic E-state index is 11.8. The van der Waals surface area contributed by atoms with Gasteiger partial charge in [0.15, 0.2) is 0 Å². The number of aryl methyl sites for hydroxylation is 1. The monoisotopic (exact) mass is 248 g/mol. The van der Waals surface area contributed by atoms with Crippen molar-refractivity contribution >= 4 is 5.91 Å². The lowest BCUT2D eigenvalue weighted by atomic mass is 10.1. The van der Waals surface area contributed by atoms with Crippen molar-refractivity contribution in [3.8, 4) is 0 Å². The van der Waals surface area contributed by atoms with Crippen molar-refractivity contribution in [3.05, 3.63) is 30.9 Å². The number of rotatable bonds is 9. The molecule has 0 amide bonds. The van der Waals surface area contributed by atoms with Gasteiger partial charge in [-0.05, 0) is 26.2 Å². The van der Waals surface area contributed by atoms with Crippen LogP contribution in [0, 0.1) is 6.92 Å². The van der Waals surface area contributed by atoms with E-state index in [1.165, 1.54) is 25.7 Å². The molecule has 100 valence electrons. The highest BCUT2D eigenvalue weighted by molar-refractivity contribution is 5.79. The molecule has 0 aliphatic carbocycles. The van der Waals surface area contributed by atoms with Gasteiger partial charge >= 0.3 is 0 Å². The Bertz CT molecular complexity index is 368. The summed E-state index contributed by atoms with van der Waals surface area (Å²) in [4.78, 5) is 15.9. The van der Waals surface area contributed by atoms with Crippen LogP contribution < -0.4 is 0 Å². The Kier molecular flexibility index (Phi) is 7.07. The van der Waals surface area contributed by atoms with E-state index in [0.717, 1.165) is 25.1 Å². The Labute approximate surface area is 110 Å². The summed E-state index contributed by atoms with van der Waals surface area (Å²) < 4.78 is 1.64. The number of allylic oxidation sites excluding steroid dienone is 1. The zero-order chi connectivity index (χ0) is 13.2. The molecule has 0 aromatic carbocycles. The van der Waals surface area contributed by atoms with Crippen LogP contribution in [0.5, 0.6) is 0 Å². The molecular formula is C15H24N2O. The molecule has 0 bridgehead atoms. The Balaban J connectivity index is 2.03. The topological polar surface area (TPSA) is 34.9 Å². The van der Waals surface area contributed by atoms with Gasteiger partial charge < -0.3 is 0 Å². The molecule has 0 fully saturated rings. The van der Waals surface area contributed by atoms with E-state index in [1.54, 1.807) is 17.0 Å². The number of unbranched alkanes of at least 4 members (excludes halogenated alkanes) is 6. The summed E-state index contributed by atoms with van der Waals surface area (Å²) in [6, 6.07) is 0. The predicted molar refractivity (Wildman–Crippen MR) is 74.7 cm³/mol. The summed E-state index contributed by atoms with van der Waals surface area (Å²) in [5.41, 5.74) is 0. The molecule has 0 spiro atoms. The van der Waals surface area contributed by atoms with Gasteiger partial charge in [-0.1, -0.05) is 31.8 Å². The van der Waals surface area contributed by atoms with Crippen molar-refractivity contribution in [2.45, 2.75) is 58.3 Å². The molecule has 1 rings (SSSR count). The van der Waals surface area contributed by atoms with Crippen LogP contribution in [0.15, 0.2) is 25.0 Å². The lowest BCUT2D eigenvalue weighted by Gasteiger charge is -2.03. The largest absolute Gasteiger partial charge is 0.274 e. The van der Waals surface area contributed by atoms with Crippen LogP contribution in [-0.2, 0) is 0 Å². The third kappa shape index (κ3) is 5.30. The maximum Gasteiger partial charge on any atom is 0.232 e. The molecule has 0 atom stereocenters. The normalized spacial score (nSPS) is 10.5. The van der Waals surface area contributed by atoms with Gasteiger partial charge in [-0.25, -0.2) is 4.98 Å². The van der Waals surface area contributed by atoms with E-state index in [2.05, 4.69) is 11.6 Å². The van der Waals surface area contributed by atoms with Crippen LogP contribution in [0.25, 0.3) is 0 Å². The lowest BCUT2D eigenvalue weighted by Crippen LogP contribution is -2.10. The molecule has 1 aromatic rings. The Morgan fingerprint density at radius 3 is 2.56 bits per heavy atom. The summed E-state index contributed by atoms with van der Waals surface area (Å²) in [6.45, 7) is 5.57. The molecule has 3 nitrogen and oxygen atoms in total. The summed E-state index contributed by atoms with van der Waals surface area (Å²) >= 11 is 0. The van der Waals surface area contributed by atoms with Crippen molar-refractivity contribution in [1.82, 2.24) is 9.55 Å². The number of imidazole rings is 1. The quantitative estimate of drug-likeness (QED) is 0.486. The Hall–Kier alpha value is -1.38. The van der Waals surface area contributed by atoms with Crippen LogP contribution in [0.2, 0.25) is 0 Å². The first kappa shape index (κ1) is 14.7. The van der Waals surface area contributed by atoms with Crippen LogP contribution in [0.1, 0.15) is 62.0 Å². The Morgan fingerprint density at radius 1 is 1.28 bits per heavy atom. The van der Waals surface area contributed by atoms with E-state index < -0.39 is 0 Å². The van der Waals surface area contributed by atoms with Gasteiger partial charge in [0.05, 0.1) is 0 Å². The minimum Gasteiger partial charge on any atom is -0.274 e. The molecule has 18 heavy (non-hydrogen) atoms. The summed E-state index contributed by atoms with van der Waals surface area (Å²) in [6.07, 6.45) is 14.3. The fourth-order valence-electron chi connectivity index (χ4n) is 2.03. The molecule has 3 heteroatoms. The molecule has 0 saturated carbocycles. The van der Waals surface area contributed by atoms with E-state index in [-0.39, 0.29) is 5.91 Å². The van der Waals surface area contributed by atoms with Crippen molar-refractivity contribution in [2.24, 2.45) is 0 Å². The van der Waals surface area contributed by atoms with Gasteiger partial charge in [-0.2, -0.15) is 0 Å². The van der Waals surface area contributed by atoms with Crippen molar-refractivity contribution in [3.63, 3.8) is 0 Å². The SMILES string of the molecule is C=CCCCCCCCCC(=O)n1ccnc1C. The summed E-state index contributed by atoms with van der Waals surface area (Å²) in [5, 5.41) is 0. The van der Waals surface area contributed by atoms with E-state index in [1.807, 2.05) is 13.0 Å². The van der Waals surface area contributed by atoms with Gasteiger partial charge in [0.2, 0.25) is 5.91 Å². The molecule has 0 saturated heterocycles. The zero-order valence-electron chi connectivity index (χ0n) is 11.4. The molecule has 0 unspecified atom stereocenters. The van der Waals surface area contributed by atoms with E-state index in [4.69, 9.17) is 0 Å². The maximum atomic E-state index is 11.8. The number of hydrogen-bond donors (Lipinski definition) is 0. The number of hydrogen-bond acceptors (Lipinski definition) is 2. The number of carbonyl (C=O) groups is 1. The number of aromatic nitrogens is 2. The standard InChI is InChI=1S/C15H24N2O/c1-3-4-5-6-7-8-9-10-11-15(18)17-13-12-16-14(17)2/h3,12-13H,1,4-11H2,2H3. The van der Waals surface area contributed by atoms with Gasteiger partial charge in [0.1, 0.15) is 5.82 Å². The average molecular weight is 248 g/mol. The minimum absolute atomic E-state index is 0.164. The molecule has 1 aromatic heterocycles. The van der Waals surface area contributed by atoms with E-state index >= 15 is 0 Å². The smallest absolute Gasteiger partial charge is 0.232 e. The third-order valence-electron chi connectivity index (χ3n) is 3.14. The second kappa shape index (κ2) is 8.67. The van der Waals surface area contributed by atoms with Crippen molar-refractivity contribution < 1.29 is 4.79 Å². The number of carbonyl (C=O) groups excluding carboxylic acids is 1.